The Balaban J connectivity index is 2.61. The van der Waals surface area contributed by atoms with Crippen LogP contribution in [0.1, 0.15) is 17.3 Å². The maximum Gasteiger partial charge on any atom is 0.185 e. The summed E-state index contributed by atoms with van der Waals surface area (Å²) in [5, 5.41) is 7.66. The first kappa shape index (κ1) is 9.45. The van der Waals surface area contributed by atoms with Crippen LogP contribution in [0.4, 0.5) is 4.39 Å². The second-order valence-electron chi connectivity index (χ2n) is 2.90. The second-order valence-corrected chi connectivity index (χ2v) is 2.90. The fourth-order valence-corrected chi connectivity index (χ4v) is 1.18. The molecule has 2 heterocycles. The van der Waals surface area contributed by atoms with E-state index < -0.39 is 5.82 Å². The SMILES string of the molecule is CC(=O)c1cc(F)cnc1-n1nccn1. The van der Waals surface area contributed by atoms with Gasteiger partial charge in [0.25, 0.3) is 0 Å². The number of carbonyl (C=O) groups is 1. The van der Waals surface area contributed by atoms with Crippen molar-refractivity contribution < 1.29 is 9.18 Å². The quantitative estimate of drug-likeness (QED) is 0.688. The van der Waals surface area contributed by atoms with E-state index in [1.54, 1.807) is 0 Å². The Hall–Kier alpha value is -2.11. The monoisotopic (exact) mass is 206 g/mol. The van der Waals surface area contributed by atoms with E-state index in [2.05, 4.69) is 15.2 Å². The molecule has 6 heteroatoms. The van der Waals surface area contributed by atoms with E-state index in [4.69, 9.17) is 0 Å². The summed E-state index contributed by atoms with van der Waals surface area (Å²) in [5.41, 5.74) is 0.159. The van der Waals surface area contributed by atoms with Crippen LogP contribution in [0.3, 0.4) is 0 Å². The molecule has 0 unspecified atom stereocenters. The summed E-state index contributed by atoms with van der Waals surface area (Å²) in [6.07, 6.45) is 3.93. The molecule has 0 radical (unpaired) electrons. The first-order valence-electron chi connectivity index (χ1n) is 4.21. The molecule has 76 valence electrons. The molecule has 0 aliphatic heterocycles. The normalized spacial score (nSPS) is 10.3. The summed E-state index contributed by atoms with van der Waals surface area (Å²) in [4.78, 5) is 16.2. The maximum atomic E-state index is 12.9. The Labute approximate surface area is 84.6 Å². The summed E-state index contributed by atoms with van der Waals surface area (Å²) in [5.74, 6) is -0.612. The molecule has 0 N–H and O–H groups in total. The number of Topliss-reactive ketones (excluding diaryl/α,β-unsaturated/α-hetero) is 1. The molecule has 0 aromatic carbocycles. The number of nitrogens with zero attached hydrogens (tertiary/aromatic N) is 4. The molecule has 0 amide bonds. The predicted octanol–water partition coefficient (Wildman–Crippen LogP) is 1.00. The third-order valence-electron chi connectivity index (χ3n) is 1.82. The zero-order chi connectivity index (χ0) is 10.8. The van der Waals surface area contributed by atoms with Gasteiger partial charge in [0.15, 0.2) is 11.6 Å². The van der Waals surface area contributed by atoms with Gasteiger partial charge in [0.2, 0.25) is 0 Å². The average molecular weight is 206 g/mol. The lowest BCUT2D eigenvalue weighted by molar-refractivity contribution is 0.101. The van der Waals surface area contributed by atoms with E-state index in [1.807, 2.05) is 0 Å². The number of aromatic nitrogens is 4. The molecule has 5 nitrogen and oxygen atoms in total. The molecule has 2 rings (SSSR count). The molecule has 0 bridgehead atoms. The fraction of sp³-hybridized carbons (Fsp3) is 0.111. The molecule has 0 aliphatic rings. The molecule has 0 aliphatic carbocycles. The zero-order valence-electron chi connectivity index (χ0n) is 7.88. The molecule has 2 aromatic heterocycles. The molecule has 2 aromatic rings. The van der Waals surface area contributed by atoms with Crippen molar-refractivity contribution in [2.75, 3.05) is 0 Å². The van der Waals surface area contributed by atoms with Gasteiger partial charge in [-0.3, -0.25) is 4.79 Å². The van der Waals surface area contributed by atoms with Crippen molar-refractivity contribution in [2.24, 2.45) is 0 Å². The maximum absolute atomic E-state index is 12.9. The van der Waals surface area contributed by atoms with Gasteiger partial charge >= 0.3 is 0 Å². The number of rotatable bonds is 2. The van der Waals surface area contributed by atoms with Crippen molar-refractivity contribution in [1.29, 1.82) is 0 Å². The average Bonchev–Trinajstić information content (AvgIpc) is 2.70. The van der Waals surface area contributed by atoms with Gasteiger partial charge in [-0.2, -0.15) is 10.2 Å². The Morgan fingerprint density at radius 3 is 2.67 bits per heavy atom. The number of carbonyl (C=O) groups excluding carboxylic acids is 1. The van der Waals surface area contributed by atoms with Gasteiger partial charge in [0, 0.05) is 0 Å². The summed E-state index contributed by atoms with van der Waals surface area (Å²) < 4.78 is 12.9. The molecule has 15 heavy (non-hydrogen) atoms. The van der Waals surface area contributed by atoms with E-state index in [0.717, 1.165) is 12.3 Å². The van der Waals surface area contributed by atoms with E-state index in [1.165, 1.54) is 24.1 Å². The van der Waals surface area contributed by atoms with Crippen molar-refractivity contribution >= 4 is 5.78 Å². The summed E-state index contributed by atoms with van der Waals surface area (Å²) in [6.45, 7) is 1.34. The van der Waals surface area contributed by atoms with E-state index >= 15 is 0 Å². The minimum absolute atomic E-state index is 0.159. The summed E-state index contributed by atoms with van der Waals surface area (Å²) >= 11 is 0. The Morgan fingerprint density at radius 2 is 2.07 bits per heavy atom. The van der Waals surface area contributed by atoms with Crippen molar-refractivity contribution in [3.8, 4) is 5.82 Å². The van der Waals surface area contributed by atoms with Crippen molar-refractivity contribution in [3.63, 3.8) is 0 Å². The van der Waals surface area contributed by atoms with Crippen LogP contribution in [0.15, 0.2) is 24.7 Å². The predicted molar refractivity (Wildman–Crippen MR) is 49.1 cm³/mol. The molecule has 0 spiro atoms. The van der Waals surface area contributed by atoms with Crippen LogP contribution in [-0.4, -0.2) is 25.8 Å². The zero-order valence-corrected chi connectivity index (χ0v) is 7.88. The largest absolute Gasteiger partial charge is 0.294 e. The lowest BCUT2D eigenvalue weighted by Gasteiger charge is -2.03. The van der Waals surface area contributed by atoms with Crippen LogP contribution in [0.5, 0.6) is 0 Å². The van der Waals surface area contributed by atoms with E-state index in [0.29, 0.717) is 0 Å². The highest BCUT2D eigenvalue weighted by atomic mass is 19.1. The Kier molecular flexibility index (Phi) is 2.24. The minimum Gasteiger partial charge on any atom is -0.294 e. The molecular weight excluding hydrogens is 199 g/mol. The van der Waals surface area contributed by atoms with Crippen LogP contribution >= 0.6 is 0 Å². The number of pyridine rings is 1. The van der Waals surface area contributed by atoms with Gasteiger partial charge in [-0.25, -0.2) is 9.37 Å². The third kappa shape index (κ3) is 1.74. The highest BCUT2D eigenvalue weighted by Gasteiger charge is 2.12. The lowest BCUT2D eigenvalue weighted by Crippen LogP contribution is -2.09. The number of hydrogen-bond acceptors (Lipinski definition) is 4. The fourth-order valence-electron chi connectivity index (χ4n) is 1.18. The van der Waals surface area contributed by atoms with Gasteiger partial charge in [-0.1, -0.05) is 0 Å². The topological polar surface area (TPSA) is 60.7 Å². The smallest absolute Gasteiger partial charge is 0.185 e. The Morgan fingerprint density at radius 1 is 1.40 bits per heavy atom. The molecule has 0 atom stereocenters. The highest BCUT2D eigenvalue weighted by Crippen LogP contribution is 2.11. The molecule has 0 saturated heterocycles. The van der Waals surface area contributed by atoms with Crippen LogP contribution < -0.4 is 0 Å². The molecular formula is C9H7FN4O. The van der Waals surface area contributed by atoms with Gasteiger partial charge in [-0.15, -0.1) is 4.80 Å². The van der Waals surface area contributed by atoms with Crippen LogP contribution in [0.25, 0.3) is 5.82 Å². The van der Waals surface area contributed by atoms with Crippen molar-refractivity contribution in [2.45, 2.75) is 6.92 Å². The number of hydrogen-bond donors (Lipinski definition) is 0. The second kappa shape index (κ2) is 3.56. The first-order valence-corrected chi connectivity index (χ1v) is 4.21. The van der Waals surface area contributed by atoms with E-state index in [9.17, 15) is 9.18 Å². The Bertz CT molecular complexity index is 495. The third-order valence-corrected chi connectivity index (χ3v) is 1.82. The standard InChI is InChI=1S/C9H7FN4O/c1-6(15)8-4-7(10)5-11-9(8)14-12-2-3-13-14/h2-5H,1H3. The van der Waals surface area contributed by atoms with Gasteiger partial charge in [-0.05, 0) is 13.0 Å². The van der Waals surface area contributed by atoms with Gasteiger partial charge < -0.3 is 0 Å². The van der Waals surface area contributed by atoms with Crippen molar-refractivity contribution in [1.82, 2.24) is 20.0 Å². The van der Waals surface area contributed by atoms with Gasteiger partial charge in [0.05, 0.1) is 24.2 Å². The van der Waals surface area contributed by atoms with E-state index in [-0.39, 0.29) is 17.2 Å². The number of halogens is 1. The summed E-state index contributed by atoms with van der Waals surface area (Å²) in [6, 6.07) is 1.12. The molecule has 0 saturated carbocycles. The van der Waals surface area contributed by atoms with Crippen LogP contribution in [0, 0.1) is 5.82 Å². The van der Waals surface area contributed by atoms with Crippen LogP contribution in [-0.2, 0) is 0 Å². The minimum atomic E-state index is -0.559. The lowest BCUT2D eigenvalue weighted by atomic mass is 10.2. The van der Waals surface area contributed by atoms with Crippen molar-refractivity contribution in [3.05, 3.63) is 36.0 Å². The first-order chi connectivity index (χ1) is 7.18. The van der Waals surface area contributed by atoms with Crippen LogP contribution in [0.2, 0.25) is 0 Å². The highest BCUT2D eigenvalue weighted by molar-refractivity contribution is 5.96. The summed E-state index contributed by atoms with van der Waals surface area (Å²) in [7, 11) is 0. The number of ketones is 1. The van der Waals surface area contributed by atoms with Gasteiger partial charge in [0.1, 0.15) is 5.82 Å². The molecule has 0 fully saturated rings.